The highest BCUT2D eigenvalue weighted by atomic mass is 35.5. The van der Waals surface area contributed by atoms with Gasteiger partial charge >= 0.3 is 0 Å². The number of rotatable bonds is 3. The highest BCUT2D eigenvalue weighted by Crippen LogP contribution is 2.23. The quantitative estimate of drug-likeness (QED) is 0.932. The molecule has 1 amide bonds. The van der Waals surface area contributed by atoms with E-state index in [0.717, 1.165) is 12.8 Å². The molecule has 21 heavy (non-hydrogen) atoms. The van der Waals surface area contributed by atoms with Crippen molar-refractivity contribution in [2.45, 2.75) is 25.8 Å². The number of hydrogen-bond acceptors (Lipinski definition) is 3. The third-order valence-electron chi connectivity index (χ3n) is 3.97. The number of carbonyl (C=O) groups is 1. The molecular weight excluding hydrogens is 295 g/mol. The van der Waals surface area contributed by atoms with Crippen LogP contribution in [0.1, 0.15) is 30.1 Å². The van der Waals surface area contributed by atoms with Gasteiger partial charge in [0.2, 0.25) is 0 Å². The van der Waals surface area contributed by atoms with Crippen LogP contribution in [0.2, 0.25) is 0 Å². The summed E-state index contributed by atoms with van der Waals surface area (Å²) in [6, 6.07) is 4.38. The van der Waals surface area contributed by atoms with Crippen LogP contribution in [0.15, 0.2) is 18.2 Å². The highest BCUT2D eigenvalue weighted by Gasteiger charge is 2.25. The van der Waals surface area contributed by atoms with Crippen LogP contribution in [0.4, 0.5) is 4.39 Å². The van der Waals surface area contributed by atoms with Crippen molar-refractivity contribution in [2.75, 3.05) is 20.2 Å². The SMILES string of the molecule is COc1cc(C(=O)N2CCC(C(C)N)CC2)ccc1F.Cl. The topological polar surface area (TPSA) is 55.6 Å². The van der Waals surface area contributed by atoms with E-state index in [1.54, 1.807) is 4.90 Å². The Morgan fingerprint density at radius 1 is 1.43 bits per heavy atom. The van der Waals surface area contributed by atoms with E-state index in [1.807, 2.05) is 6.92 Å². The molecule has 0 saturated carbocycles. The van der Waals surface area contributed by atoms with Crippen molar-refractivity contribution in [1.82, 2.24) is 4.90 Å². The van der Waals surface area contributed by atoms with Crippen LogP contribution < -0.4 is 10.5 Å². The molecule has 1 aromatic rings. The molecule has 2 N–H and O–H groups in total. The van der Waals surface area contributed by atoms with Crippen molar-refractivity contribution in [1.29, 1.82) is 0 Å². The fourth-order valence-corrected chi connectivity index (χ4v) is 2.60. The van der Waals surface area contributed by atoms with Gasteiger partial charge in [0.1, 0.15) is 0 Å². The van der Waals surface area contributed by atoms with Gasteiger partial charge in [-0.15, -0.1) is 12.4 Å². The van der Waals surface area contributed by atoms with Gasteiger partial charge < -0.3 is 15.4 Å². The first-order valence-corrected chi connectivity index (χ1v) is 6.91. The van der Waals surface area contributed by atoms with E-state index >= 15 is 0 Å². The molecule has 0 spiro atoms. The summed E-state index contributed by atoms with van der Waals surface area (Å²) in [7, 11) is 1.39. The van der Waals surface area contributed by atoms with Gasteiger partial charge in [-0.3, -0.25) is 4.79 Å². The second-order valence-corrected chi connectivity index (χ2v) is 5.34. The normalized spacial score (nSPS) is 17.0. The number of halogens is 2. The predicted octanol–water partition coefficient (Wildman–Crippen LogP) is 2.46. The van der Waals surface area contributed by atoms with Crippen LogP contribution in [-0.2, 0) is 0 Å². The van der Waals surface area contributed by atoms with Crippen molar-refractivity contribution in [3.8, 4) is 5.75 Å². The van der Waals surface area contributed by atoms with E-state index in [9.17, 15) is 9.18 Å². The molecule has 1 aliphatic rings. The van der Waals surface area contributed by atoms with E-state index < -0.39 is 5.82 Å². The molecule has 2 rings (SSSR count). The monoisotopic (exact) mass is 316 g/mol. The zero-order valence-corrected chi connectivity index (χ0v) is 13.2. The zero-order chi connectivity index (χ0) is 14.7. The van der Waals surface area contributed by atoms with Crippen LogP contribution in [-0.4, -0.2) is 37.0 Å². The number of piperidine rings is 1. The molecule has 1 unspecified atom stereocenters. The summed E-state index contributed by atoms with van der Waals surface area (Å²) in [5.41, 5.74) is 6.35. The van der Waals surface area contributed by atoms with Gasteiger partial charge in [-0.05, 0) is 43.9 Å². The standard InChI is InChI=1S/C15H21FN2O2.ClH/c1-10(17)11-5-7-18(8-6-11)15(19)12-3-4-13(16)14(9-12)20-2;/h3-4,9-11H,5-8,17H2,1-2H3;1H. The summed E-state index contributed by atoms with van der Waals surface area (Å²) in [6.07, 6.45) is 1.84. The number of ether oxygens (including phenoxy) is 1. The molecule has 1 heterocycles. The van der Waals surface area contributed by atoms with Crippen molar-refractivity contribution in [2.24, 2.45) is 11.7 Å². The summed E-state index contributed by atoms with van der Waals surface area (Å²) in [6.45, 7) is 3.41. The molecule has 1 atom stereocenters. The fourth-order valence-electron chi connectivity index (χ4n) is 2.60. The first-order valence-electron chi connectivity index (χ1n) is 6.91. The summed E-state index contributed by atoms with van der Waals surface area (Å²) in [5.74, 6) is 0.0364. The highest BCUT2D eigenvalue weighted by molar-refractivity contribution is 5.94. The number of methoxy groups -OCH3 is 1. The van der Waals surface area contributed by atoms with Gasteiger partial charge in [-0.2, -0.15) is 0 Å². The number of benzene rings is 1. The molecule has 1 aliphatic heterocycles. The fraction of sp³-hybridized carbons (Fsp3) is 0.533. The van der Waals surface area contributed by atoms with Gasteiger partial charge in [-0.1, -0.05) is 0 Å². The van der Waals surface area contributed by atoms with Crippen LogP contribution >= 0.6 is 12.4 Å². The minimum atomic E-state index is -0.459. The Bertz CT molecular complexity index is 489. The number of likely N-dealkylation sites (tertiary alicyclic amines) is 1. The van der Waals surface area contributed by atoms with Gasteiger partial charge in [0, 0.05) is 24.7 Å². The number of amides is 1. The van der Waals surface area contributed by atoms with Gasteiger partial charge in [0.05, 0.1) is 7.11 Å². The minimum absolute atomic E-state index is 0. The molecule has 0 radical (unpaired) electrons. The summed E-state index contributed by atoms with van der Waals surface area (Å²) in [4.78, 5) is 14.2. The largest absolute Gasteiger partial charge is 0.494 e. The predicted molar refractivity (Wildman–Crippen MR) is 82.5 cm³/mol. The first kappa shape index (κ1) is 17.7. The van der Waals surface area contributed by atoms with E-state index in [1.165, 1.54) is 25.3 Å². The maximum Gasteiger partial charge on any atom is 0.253 e. The number of hydrogen-bond donors (Lipinski definition) is 1. The molecule has 0 aliphatic carbocycles. The van der Waals surface area contributed by atoms with Gasteiger partial charge in [0.15, 0.2) is 11.6 Å². The Morgan fingerprint density at radius 2 is 2.05 bits per heavy atom. The third-order valence-corrected chi connectivity index (χ3v) is 3.97. The molecule has 1 saturated heterocycles. The van der Waals surface area contributed by atoms with Crippen molar-refractivity contribution < 1.29 is 13.9 Å². The Kier molecular flexibility index (Phi) is 6.42. The van der Waals surface area contributed by atoms with Crippen molar-refractivity contribution in [3.05, 3.63) is 29.6 Å². The molecule has 1 fully saturated rings. The molecule has 0 aromatic heterocycles. The Morgan fingerprint density at radius 3 is 2.57 bits per heavy atom. The lowest BCUT2D eigenvalue weighted by atomic mass is 9.90. The van der Waals surface area contributed by atoms with Gasteiger partial charge in [0.25, 0.3) is 5.91 Å². The average molecular weight is 317 g/mol. The summed E-state index contributed by atoms with van der Waals surface area (Å²) in [5, 5.41) is 0. The summed E-state index contributed by atoms with van der Waals surface area (Å²) < 4.78 is 18.3. The molecule has 0 bridgehead atoms. The van der Waals surface area contributed by atoms with Crippen LogP contribution in [0, 0.1) is 11.7 Å². The maximum atomic E-state index is 13.4. The number of nitrogens with two attached hydrogens (primary N) is 1. The first-order chi connectivity index (χ1) is 9.52. The van der Waals surface area contributed by atoms with Crippen LogP contribution in [0.5, 0.6) is 5.75 Å². The van der Waals surface area contributed by atoms with E-state index in [4.69, 9.17) is 10.5 Å². The Hall–Kier alpha value is -1.33. The van der Waals surface area contributed by atoms with Crippen LogP contribution in [0.25, 0.3) is 0 Å². The Balaban J connectivity index is 0.00000220. The van der Waals surface area contributed by atoms with Crippen molar-refractivity contribution in [3.63, 3.8) is 0 Å². The second-order valence-electron chi connectivity index (χ2n) is 5.34. The number of carbonyl (C=O) groups excluding carboxylic acids is 1. The van der Waals surface area contributed by atoms with Crippen LogP contribution in [0.3, 0.4) is 0 Å². The second kappa shape index (κ2) is 7.61. The molecule has 4 nitrogen and oxygen atoms in total. The van der Waals surface area contributed by atoms with E-state index in [0.29, 0.717) is 24.6 Å². The average Bonchev–Trinajstić information content (AvgIpc) is 2.47. The lowest BCUT2D eigenvalue weighted by molar-refractivity contribution is 0.0680. The number of nitrogens with zero attached hydrogens (tertiary/aromatic N) is 1. The lowest BCUT2D eigenvalue weighted by Gasteiger charge is -2.33. The molecule has 118 valence electrons. The molecule has 6 heteroatoms. The van der Waals surface area contributed by atoms with Crippen molar-refractivity contribution >= 4 is 18.3 Å². The Labute approximate surface area is 130 Å². The maximum absolute atomic E-state index is 13.4. The summed E-state index contributed by atoms with van der Waals surface area (Å²) >= 11 is 0. The minimum Gasteiger partial charge on any atom is -0.494 e. The van der Waals surface area contributed by atoms with E-state index in [-0.39, 0.29) is 30.1 Å². The van der Waals surface area contributed by atoms with Gasteiger partial charge in [-0.25, -0.2) is 4.39 Å². The zero-order valence-electron chi connectivity index (χ0n) is 12.3. The molecular formula is C15H22ClFN2O2. The lowest BCUT2D eigenvalue weighted by Crippen LogP contribution is -2.42. The third kappa shape index (κ3) is 4.08. The smallest absolute Gasteiger partial charge is 0.253 e. The molecule has 1 aromatic carbocycles. The van der Waals surface area contributed by atoms with E-state index in [2.05, 4.69) is 0 Å².